The quantitative estimate of drug-likeness (QED) is 0.396. The zero-order valence-corrected chi connectivity index (χ0v) is 20.0. The molecule has 3 aromatic rings. The van der Waals surface area contributed by atoms with E-state index in [-0.39, 0.29) is 5.92 Å². The number of ether oxygens (including phenoxy) is 1. The minimum atomic E-state index is -1.49. The highest BCUT2D eigenvalue weighted by Gasteiger charge is 2.70. The van der Waals surface area contributed by atoms with E-state index in [0.717, 1.165) is 40.7 Å². The van der Waals surface area contributed by atoms with Crippen molar-refractivity contribution in [1.29, 1.82) is 0 Å². The Hall–Kier alpha value is -2.34. The SMILES string of the molecule is CCCCNC1=C[C@@H](c2ccccc2)[C@]2(c3ccc(Br)cc3)Oc3cc(Cl)cnc3[C@]12O. The third kappa shape index (κ3) is 3.10. The zero-order valence-electron chi connectivity index (χ0n) is 17.7. The molecular formula is C26H24BrClN2O2. The van der Waals surface area contributed by atoms with Gasteiger partial charge in [0.15, 0.2) is 11.2 Å². The number of rotatable bonds is 6. The molecule has 1 aliphatic carbocycles. The van der Waals surface area contributed by atoms with Gasteiger partial charge in [0.25, 0.3) is 0 Å². The molecule has 4 nitrogen and oxygen atoms in total. The average molecular weight is 512 g/mol. The topological polar surface area (TPSA) is 54.4 Å². The average Bonchev–Trinajstić information content (AvgIpc) is 3.20. The second kappa shape index (κ2) is 8.22. The summed E-state index contributed by atoms with van der Waals surface area (Å²) in [5.74, 6) is 0.263. The molecule has 0 fully saturated rings. The predicted octanol–water partition coefficient (Wildman–Crippen LogP) is 6.04. The molecule has 0 saturated heterocycles. The molecule has 164 valence electrons. The van der Waals surface area contributed by atoms with Gasteiger partial charge in [-0.25, -0.2) is 0 Å². The molecule has 2 aliphatic rings. The fraction of sp³-hybridized carbons (Fsp3) is 0.269. The monoisotopic (exact) mass is 510 g/mol. The summed E-state index contributed by atoms with van der Waals surface area (Å²) in [6, 6.07) is 19.9. The summed E-state index contributed by atoms with van der Waals surface area (Å²) in [4.78, 5) is 4.57. The summed E-state index contributed by atoms with van der Waals surface area (Å²) in [5.41, 5.74) is 0.517. The van der Waals surface area contributed by atoms with Crippen molar-refractivity contribution in [2.24, 2.45) is 0 Å². The van der Waals surface area contributed by atoms with E-state index in [9.17, 15) is 5.11 Å². The number of aliphatic hydroxyl groups is 1. The molecule has 3 atom stereocenters. The van der Waals surface area contributed by atoms with Crippen LogP contribution in [0.15, 0.2) is 83.1 Å². The van der Waals surface area contributed by atoms with Crippen LogP contribution in [0, 0.1) is 0 Å². The van der Waals surface area contributed by atoms with E-state index in [4.69, 9.17) is 16.3 Å². The van der Waals surface area contributed by atoms with E-state index < -0.39 is 11.2 Å². The van der Waals surface area contributed by atoms with Crippen LogP contribution in [0.5, 0.6) is 5.75 Å². The normalized spacial score (nSPS) is 25.6. The first-order valence-electron chi connectivity index (χ1n) is 10.8. The maximum atomic E-state index is 12.6. The number of halogens is 2. The highest BCUT2D eigenvalue weighted by molar-refractivity contribution is 9.10. The fourth-order valence-corrected chi connectivity index (χ4v) is 5.35. The number of benzene rings is 2. The lowest BCUT2D eigenvalue weighted by atomic mass is 9.71. The molecule has 1 aliphatic heterocycles. The van der Waals surface area contributed by atoms with Crippen LogP contribution in [0.3, 0.4) is 0 Å². The first kappa shape index (κ1) is 21.5. The first-order valence-corrected chi connectivity index (χ1v) is 12.0. The zero-order chi connectivity index (χ0) is 22.3. The van der Waals surface area contributed by atoms with Crippen LogP contribution < -0.4 is 10.1 Å². The van der Waals surface area contributed by atoms with Gasteiger partial charge >= 0.3 is 0 Å². The number of pyridine rings is 1. The molecule has 0 saturated carbocycles. The summed E-state index contributed by atoms with van der Waals surface area (Å²) in [7, 11) is 0. The second-order valence-corrected chi connectivity index (χ2v) is 9.66. The van der Waals surface area contributed by atoms with E-state index in [1.54, 1.807) is 12.3 Å². The largest absolute Gasteiger partial charge is 0.476 e. The van der Waals surface area contributed by atoms with Crippen molar-refractivity contribution in [3.05, 3.63) is 105 Å². The van der Waals surface area contributed by atoms with Crippen molar-refractivity contribution in [3.63, 3.8) is 0 Å². The number of aromatic nitrogens is 1. The summed E-state index contributed by atoms with van der Waals surface area (Å²) >= 11 is 9.80. The lowest BCUT2D eigenvalue weighted by Gasteiger charge is -2.41. The summed E-state index contributed by atoms with van der Waals surface area (Å²) in [5, 5.41) is 16.5. The van der Waals surface area contributed by atoms with Crippen molar-refractivity contribution >= 4 is 27.5 Å². The molecular weight excluding hydrogens is 488 g/mol. The molecule has 6 heteroatoms. The van der Waals surface area contributed by atoms with E-state index in [1.807, 2.05) is 42.5 Å². The highest BCUT2D eigenvalue weighted by Crippen LogP contribution is 2.65. The van der Waals surface area contributed by atoms with Gasteiger partial charge in [0.2, 0.25) is 0 Å². The summed E-state index contributed by atoms with van der Waals surface area (Å²) in [6.07, 6.45) is 5.72. The number of nitrogens with zero attached hydrogens (tertiary/aromatic N) is 1. The van der Waals surface area contributed by atoms with Gasteiger partial charge in [0, 0.05) is 28.8 Å². The van der Waals surface area contributed by atoms with Gasteiger partial charge in [-0.3, -0.25) is 4.98 Å². The Morgan fingerprint density at radius 1 is 1.16 bits per heavy atom. The van der Waals surface area contributed by atoms with Crippen LogP contribution in [0.25, 0.3) is 0 Å². The Kier molecular flexibility index (Phi) is 5.52. The lowest BCUT2D eigenvalue weighted by molar-refractivity contribution is -0.0966. The molecule has 2 heterocycles. The van der Waals surface area contributed by atoms with E-state index in [2.05, 4.69) is 51.4 Å². The van der Waals surface area contributed by atoms with Crippen LogP contribution in [-0.4, -0.2) is 16.6 Å². The predicted molar refractivity (Wildman–Crippen MR) is 130 cm³/mol. The third-order valence-electron chi connectivity index (χ3n) is 6.41. The second-order valence-electron chi connectivity index (χ2n) is 8.30. The number of nitrogens with one attached hydrogen (secondary N) is 1. The van der Waals surface area contributed by atoms with Crippen molar-refractivity contribution in [3.8, 4) is 5.75 Å². The minimum Gasteiger partial charge on any atom is -0.476 e. The molecule has 0 unspecified atom stereocenters. The molecule has 0 radical (unpaired) electrons. The standard InChI is InChI=1S/C26H24BrClN2O2/c1-2-3-13-29-23-15-21(17-7-5-4-6-8-17)26(18-9-11-19(27)12-10-18)25(23,31)24-22(32-26)14-20(28)16-30-24/h4-12,14-16,21,29,31H,2-3,13H2,1H3/t21-,25+,26-/m0/s1. The summed E-state index contributed by atoms with van der Waals surface area (Å²) in [6.45, 7) is 2.90. The molecule has 5 rings (SSSR count). The van der Waals surface area contributed by atoms with E-state index in [1.165, 1.54) is 0 Å². The molecule has 0 amide bonds. The Morgan fingerprint density at radius 2 is 1.91 bits per heavy atom. The van der Waals surface area contributed by atoms with Gasteiger partial charge in [-0.05, 0) is 30.2 Å². The van der Waals surface area contributed by atoms with Gasteiger partial charge in [0.1, 0.15) is 11.4 Å². The molecule has 0 spiro atoms. The molecule has 2 N–H and O–H groups in total. The van der Waals surface area contributed by atoms with Crippen molar-refractivity contribution in [2.45, 2.75) is 36.9 Å². The van der Waals surface area contributed by atoms with Crippen LogP contribution in [-0.2, 0) is 11.2 Å². The Bertz CT molecular complexity index is 1170. The highest BCUT2D eigenvalue weighted by atomic mass is 79.9. The summed E-state index contributed by atoms with van der Waals surface area (Å²) < 4.78 is 7.69. The van der Waals surface area contributed by atoms with Gasteiger partial charge in [-0.2, -0.15) is 0 Å². The van der Waals surface area contributed by atoms with Gasteiger partial charge in [-0.15, -0.1) is 0 Å². The minimum absolute atomic E-state index is 0.244. The molecule has 0 bridgehead atoms. The Morgan fingerprint density at radius 3 is 2.62 bits per heavy atom. The molecule has 32 heavy (non-hydrogen) atoms. The van der Waals surface area contributed by atoms with Crippen LogP contribution >= 0.6 is 27.5 Å². The van der Waals surface area contributed by atoms with Crippen molar-refractivity contribution in [1.82, 2.24) is 10.3 Å². The smallest absolute Gasteiger partial charge is 0.194 e. The lowest BCUT2D eigenvalue weighted by Crippen LogP contribution is -2.52. The fourth-order valence-electron chi connectivity index (χ4n) is 4.94. The van der Waals surface area contributed by atoms with Crippen LogP contribution in [0.4, 0.5) is 0 Å². The number of hydrogen-bond donors (Lipinski definition) is 2. The van der Waals surface area contributed by atoms with Crippen LogP contribution in [0.2, 0.25) is 5.02 Å². The van der Waals surface area contributed by atoms with Crippen molar-refractivity contribution < 1.29 is 9.84 Å². The first-order chi connectivity index (χ1) is 15.5. The molecule has 1 aromatic heterocycles. The Labute approximate surface area is 201 Å². The number of unbranched alkanes of at least 4 members (excludes halogenated alkanes) is 1. The number of hydrogen-bond acceptors (Lipinski definition) is 4. The Balaban J connectivity index is 1.77. The van der Waals surface area contributed by atoms with E-state index in [0.29, 0.717) is 16.5 Å². The number of fused-ring (bicyclic) bond motifs is 3. The van der Waals surface area contributed by atoms with Gasteiger partial charge in [0.05, 0.1) is 16.6 Å². The molecule has 2 aromatic carbocycles. The maximum Gasteiger partial charge on any atom is 0.194 e. The third-order valence-corrected chi connectivity index (χ3v) is 7.14. The van der Waals surface area contributed by atoms with Crippen molar-refractivity contribution in [2.75, 3.05) is 6.54 Å². The van der Waals surface area contributed by atoms with Gasteiger partial charge < -0.3 is 15.2 Å². The van der Waals surface area contributed by atoms with E-state index >= 15 is 0 Å². The maximum absolute atomic E-state index is 12.6. The van der Waals surface area contributed by atoms with Crippen LogP contribution in [0.1, 0.15) is 42.5 Å². The van der Waals surface area contributed by atoms with Gasteiger partial charge in [-0.1, -0.05) is 83.3 Å².